The fourth-order valence-corrected chi connectivity index (χ4v) is 3.51. The molecule has 2 heterocycles. The average Bonchev–Trinajstić information content (AvgIpc) is 2.96. The van der Waals surface area contributed by atoms with Crippen LogP contribution < -0.4 is 10.0 Å². The summed E-state index contributed by atoms with van der Waals surface area (Å²) >= 11 is 0. The van der Waals surface area contributed by atoms with Gasteiger partial charge in [-0.15, -0.1) is 0 Å². The minimum Gasteiger partial charge on any atom is -0.310 e. The summed E-state index contributed by atoms with van der Waals surface area (Å²) < 4.78 is 26.9. The van der Waals surface area contributed by atoms with Crippen LogP contribution in [0.3, 0.4) is 0 Å². The molecule has 27 heavy (non-hydrogen) atoms. The van der Waals surface area contributed by atoms with Gasteiger partial charge in [0.15, 0.2) is 0 Å². The van der Waals surface area contributed by atoms with Gasteiger partial charge in [-0.1, -0.05) is 18.2 Å². The molecule has 0 aliphatic heterocycles. The summed E-state index contributed by atoms with van der Waals surface area (Å²) in [6.45, 7) is 2.05. The first-order valence-corrected chi connectivity index (χ1v) is 10.4. The van der Waals surface area contributed by atoms with Crippen molar-refractivity contribution in [3.63, 3.8) is 0 Å². The number of nitrogens with zero attached hydrogens (tertiary/aromatic N) is 3. The number of carbonyl (C=O) groups is 1. The molecule has 1 amide bonds. The molecule has 2 N–H and O–H groups in total. The summed E-state index contributed by atoms with van der Waals surface area (Å²) in [4.78, 5) is 21.2. The summed E-state index contributed by atoms with van der Waals surface area (Å²) in [5.41, 5.74) is 2.56. The van der Waals surface area contributed by atoms with E-state index in [1.165, 1.54) is 6.92 Å². The monoisotopic (exact) mass is 387 g/mol. The van der Waals surface area contributed by atoms with E-state index in [1.54, 1.807) is 6.20 Å². The first-order chi connectivity index (χ1) is 12.8. The van der Waals surface area contributed by atoms with Crippen LogP contribution in [-0.4, -0.2) is 41.2 Å². The van der Waals surface area contributed by atoms with Crippen LogP contribution in [0.4, 0.5) is 5.95 Å². The van der Waals surface area contributed by atoms with Crippen molar-refractivity contribution in [1.82, 2.24) is 19.3 Å². The third-order valence-electron chi connectivity index (χ3n) is 3.99. The highest BCUT2D eigenvalue weighted by molar-refractivity contribution is 7.88. The summed E-state index contributed by atoms with van der Waals surface area (Å²) in [7, 11) is -3.49. The van der Waals surface area contributed by atoms with Crippen molar-refractivity contribution >= 4 is 32.9 Å². The Bertz CT molecular complexity index is 1050. The van der Waals surface area contributed by atoms with E-state index in [2.05, 4.69) is 20.0 Å². The lowest BCUT2D eigenvalue weighted by molar-refractivity contribution is -0.117. The van der Waals surface area contributed by atoms with Crippen LogP contribution in [0.25, 0.3) is 11.0 Å². The molecule has 3 rings (SSSR count). The second-order valence-corrected chi connectivity index (χ2v) is 8.03. The normalized spacial score (nSPS) is 12.8. The Balaban J connectivity index is 1.85. The molecular weight excluding hydrogens is 366 g/mol. The summed E-state index contributed by atoms with van der Waals surface area (Å²) in [5.74, 6) is -0.103. The van der Waals surface area contributed by atoms with Gasteiger partial charge in [0.2, 0.25) is 21.9 Å². The lowest BCUT2D eigenvalue weighted by Crippen LogP contribution is -2.41. The quantitative estimate of drug-likeness (QED) is 0.640. The molecular formula is C18H21N5O3S. The molecule has 142 valence electrons. The highest BCUT2D eigenvalue weighted by Gasteiger charge is 2.20. The fourth-order valence-electron chi connectivity index (χ4n) is 2.76. The predicted molar refractivity (Wildman–Crippen MR) is 104 cm³/mol. The zero-order valence-electron chi connectivity index (χ0n) is 15.1. The molecule has 8 nitrogen and oxygen atoms in total. The first kappa shape index (κ1) is 19.0. The number of carbonyl (C=O) groups excluding carboxylic acids is 1. The Hall–Kier alpha value is -2.78. The Kier molecular flexibility index (Phi) is 5.52. The molecule has 2 aromatic heterocycles. The van der Waals surface area contributed by atoms with Gasteiger partial charge in [-0.2, -0.15) is 0 Å². The molecule has 0 saturated heterocycles. The highest BCUT2D eigenvalue weighted by atomic mass is 32.2. The van der Waals surface area contributed by atoms with Crippen molar-refractivity contribution in [1.29, 1.82) is 0 Å². The molecule has 0 aliphatic rings. The highest BCUT2D eigenvalue weighted by Crippen LogP contribution is 2.20. The zero-order valence-corrected chi connectivity index (χ0v) is 15.9. The van der Waals surface area contributed by atoms with Crippen LogP contribution in [0, 0.1) is 0 Å². The van der Waals surface area contributed by atoms with Gasteiger partial charge in [-0.3, -0.25) is 15.1 Å². The third-order valence-corrected chi connectivity index (χ3v) is 4.77. The number of nitrogens with one attached hydrogen (secondary N) is 2. The molecule has 0 aliphatic carbocycles. The number of amides is 1. The molecule has 0 saturated carbocycles. The van der Waals surface area contributed by atoms with E-state index in [-0.39, 0.29) is 0 Å². The molecule has 0 radical (unpaired) electrons. The second kappa shape index (κ2) is 7.85. The minimum absolute atomic E-state index is 0.374. The summed E-state index contributed by atoms with van der Waals surface area (Å²) in [5, 5.41) is 2.72. The molecule has 0 spiro atoms. The van der Waals surface area contributed by atoms with E-state index in [9.17, 15) is 13.2 Å². The Labute approximate surface area is 157 Å². The summed E-state index contributed by atoms with van der Waals surface area (Å²) in [6, 6.07) is 12.4. The number of hydrogen-bond donors (Lipinski definition) is 2. The number of imidazole rings is 1. The zero-order chi connectivity index (χ0) is 19.4. The Morgan fingerprint density at radius 3 is 2.63 bits per heavy atom. The number of fused-ring (bicyclic) bond motifs is 1. The number of para-hydroxylation sites is 2. The van der Waals surface area contributed by atoms with Crippen LogP contribution in [-0.2, 0) is 27.8 Å². The van der Waals surface area contributed by atoms with Crippen LogP contribution in [0.15, 0.2) is 48.7 Å². The molecule has 0 bridgehead atoms. The van der Waals surface area contributed by atoms with Crippen LogP contribution in [0.5, 0.6) is 0 Å². The maximum Gasteiger partial charge on any atom is 0.244 e. The maximum absolute atomic E-state index is 12.4. The van der Waals surface area contributed by atoms with Crippen molar-refractivity contribution in [2.24, 2.45) is 0 Å². The number of aromatic nitrogens is 3. The van der Waals surface area contributed by atoms with E-state index in [0.29, 0.717) is 18.9 Å². The number of rotatable bonds is 7. The van der Waals surface area contributed by atoms with Crippen molar-refractivity contribution in [3.8, 4) is 0 Å². The van der Waals surface area contributed by atoms with Crippen LogP contribution >= 0.6 is 0 Å². The number of hydrogen-bond acceptors (Lipinski definition) is 5. The smallest absolute Gasteiger partial charge is 0.244 e. The number of anilines is 1. The van der Waals surface area contributed by atoms with Crippen molar-refractivity contribution in [2.45, 2.75) is 25.9 Å². The maximum atomic E-state index is 12.4. The van der Waals surface area contributed by atoms with Gasteiger partial charge in [0.05, 0.1) is 23.3 Å². The number of aryl methyl sites for hydroxylation is 2. The van der Waals surface area contributed by atoms with Crippen molar-refractivity contribution in [3.05, 3.63) is 54.4 Å². The Morgan fingerprint density at radius 2 is 1.93 bits per heavy atom. The van der Waals surface area contributed by atoms with Gasteiger partial charge in [-0.05, 0) is 31.2 Å². The molecule has 1 atom stereocenters. The standard InChI is InChI=1S/C18H21N5O3S/c1-13(22-27(2,25)26)17(24)21-18-20-15-8-3-4-9-16(15)23(18)12-10-14-7-5-6-11-19-14/h3-9,11,13,22H,10,12H2,1-2H3,(H,20,21,24). The van der Waals surface area contributed by atoms with Crippen LogP contribution in [0.1, 0.15) is 12.6 Å². The van der Waals surface area contributed by atoms with Gasteiger partial charge >= 0.3 is 0 Å². The number of benzene rings is 1. The van der Waals surface area contributed by atoms with E-state index in [0.717, 1.165) is 23.0 Å². The van der Waals surface area contributed by atoms with Crippen molar-refractivity contribution < 1.29 is 13.2 Å². The minimum atomic E-state index is -3.49. The van der Waals surface area contributed by atoms with Crippen LogP contribution in [0.2, 0.25) is 0 Å². The van der Waals surface area contributed by atoms with E-state index in [4.69, 9.17) is 0 Å². The number of sulfonamides is 1. The lowest BCUT2D eigenvalue weighted by atomic mass is 10.2. The first-order valence-electron chi connectivity index (χ1n) is 8.47. The summed E-state index contributed by atoms with van der Waals surface area (Å²) in [6.07, 6.45) is 3.42. The average molecular weight is 387 g/mol. The number of pyridine rings is 1. The third kappa shape index (κ3) is 4.89. The molecule has 0 fully saturated rings. The second-order valence-electron chi connectivity index (χ2n) is 6.25. The van der Waals surface area contributed by atoms with Gasteiger partial charge < -0.3 is 4.57 Å². The van der Waals surface area contributed by atoms with Gasteiger partial charge in [0, 0.05) is 24.9 Å². The van der Waals surface area contributed by atoms with Crippen molar-refractivity contribution in [2.75, 3.05) is 11.6 Å². The Morgan fingerprint density at radius 1 is 1.19 bits per heavy atom. The fraction of sp³-hybridized carbons (Fsp3) is 0.278. The molecule has 1 aromatic carbocycles. The molecule has 1 unspecified atom stereocenters. The molecule has 3 aromatic rings. The largest absolute Gasteiger partial charge is 0.310 e. The van der Waals surface area contributed by atoms with E-state index >= 15 is 0 Å². The van der Waals surface area contributed by atoms with Gasteiger partial charge in [-0.25, -0.2) is 18.1 Å². The van der Waals surface area contributed by atoms with E-state index < -0.39 is 22.0 Å². The van der Waals surface area contributed by atoms with E-state index in [1.807, 2.05) is 47.0 Å². The lowest BCUT2D eigenvalue weighted by Gasteiger charge is -2.14. The van der Waals surface area contributed by atoms with Gasteiger partial charge in [0.1, 0.15) is 0 Å². The molecule has 9 heteroatoms. The SMILES string of the molecule is CC(NS(C)(=O)=O)C(=O)Nc1nc2ccccc2n1CCc1ccccn1. The topological polar surface area (TPSA) is 106 Å². The predicted octanol–water partition coefficient (Wildman–Crippen LogP) is 1.55. The van der Waals surface area contributed by atoms with Gasteiger partial charge in [0.25, 0.3) is 0 Å².